The number of fused-ring (bicyclic) bond motifs is 1. The fourth-order valence-corrected chi connectivity index (χ4v) is 2.80. The molecule has 0 bridgehead atoms. The van der Waals surface area contributed by atoms with Crippen molar-refractivity contribution in [3.63, 3.8) is 0 Å². The van der Waals surface area contributed by atoms with Gasteiger partial charge in [-0.15, -0.1) is 0 Å². The summed E-state index contributed by atoms with van der Waals surface area (Å²) in [7, 11) is 0. The van der Waals surface area contributed by atoms with Gasteiger partial charge in [-0.2, -0.15) is 0 Å². The molecule has 116 valence electrons. The molecule has 2 aromatic rings. The van der Waals surface area contributed by atoms with E-state index in [4.69, 9.17) is 10.5 Å². The zero-order valence-corrected chi connectivity index (χ0v) is 12.8. The molecule has 1 heterocycles. The molecule has 1 unspecified atom stereocenters. The lowest BCUT2D eigenvalue weighted by Crippen LogP contribution is -2.39. The van der Waals surface area contributed by atoms with Crippen LogP contribution in [0.1, 0.15) is 24.5 Å². The highest BCUT2D eigenvalue weighted by Crippen LogP contribution is 2.36. The van der Waals surface area contributed by atoms with Gasteiger partial charge in [0, 0.05) is 18.7 Å². The second kappa shape index (κ2) is 6.36. The number of nitrogens with two attached hydrogens (primary N) is 1. The van der Waals surface area contributed by atoms with Crippen molar-refractivity contribution in [3.8, 4) is 5.75 Å². The van der Waals surface area contributed by atoms with E-state index in [0.29, 0.717) is 18.7 Å². The van der Waals surface area contributed by atoms with Crippen LogP contribution in [0.3, 0.4) is 0 Å². The summed E-state index contributed by atoms with van der Waals surface area (Å²) in [4.78, 5) is 2.19. The van der Waals surface area contributed by atoms with E-state index in [9.17, 15) is 4.39 Å². The molecule has 0 spiro atoms. The number of benzene rings is 2. The fraction of sp³-hybridized carbons (Fsp3) is 0.333. The minimum Gasteiger partial charge on any atom is -0.486 e. The van der Waals surface area contributed by atoms with Gasteiger partial charge in [0.15, 0.2) is 0 Å². The van der Waals surface area contributed by atoms with Crippen LogP contribution in [-0.4, -0.2) is 12.6 Å². The third-order valence-electron chi connectivity index (χ3n) is 4.09. The third kappa shape index (κ3) is 2.92. The van der Waals surface area contributed by atoms with Gasteiger partial charge in [0.25, 0.3) is 0 Å². The van der Waals surface area contributed by atoms with Crippen LogP contribution in [0, 0.1) is 5.82 Å². The van der Waals surface area contributed by atoms with Gasteiger partial charge in [-0.1, -0.05) is 31.2 Å². The van der Waals surface area contributed by atoms with Crippen LogP contribution in [0.2, 0.25) is 0 Å². The Labute approximate surface area is 130 Å². The van der Waals surface area contributed by atoms with Gasteiger partial charge in [0.1, 0.15) is 17.7 Å². The molecule has 0 radical (unpaired) electrons. The Morgan fingerprint density at radius 1 is 1.27 bits per heavy atom. The molecule has 1 atom stereocenters. The molecule has 3 rings (SSSR count). The van der Waals surface area contributed by atoms with Crippen molar-refractivity contribution in [2.24, 2.45) is 5.73 Å². The van der Waals surface area contributed by atoms with Crippen LogP contribution in [-0.2, 0) is 13.1 Å². The molecule has 0 saturated heterocycles. The number of anilines is 1. The molecule has 0 aliphatic carbocycles. The Kier molecular flexibility index (Phi) is 4.29. The molecule has 1 aliphatic heterocycles. The molecule has 0 saturated carbocycles. The maximum Gasteiger partial charge on any atom is 0.143 e. The topological polar surface area (TPSA) is 38.5 Å². The number of hydrogen-bond acceptors (Lipinski definition) is 3. The summed E-state index contributed by atoms with van der Waals surface area (Å²) in [5.74, 6) is 0.680. The molecular formula is C18H21FN2O. The zero-order valence-electron chi connectivity index (χ0n) is 12.8. The molecule has 3 nitrogen and oxygen atoms in total. The smallest absolute Gasteiger partial charge is 0.143 e. The molecule has 0 amide bonds. The van der Waals surface area contributed by atoms with Gasteiger partial charge in [0.2, 0.25) is 0 Å². The first-order valence-electron chi connectivity index (χ1n) is 7.69. The molecule has 0 fully saturated rings. The van der Waals surface area contributed by atoms with E-state index in [0.717, 1.165) is 30.0 Å². The summed E-state index contributed by atoms with van der Waals surface area (Å²) in [6.07, 6.45) is 1.03. The highest BCUT2D eigenvalue weighted by molar-refractivity contribution is 5.61. The SMILES string of the molecule is CCC1CN(Cc2ccccc2F)c2ccc(CN)cc2O1. The van der Waals surface area contributed by atoms with Crippen molar-refractivity contribution < 1.29 is 9.13 Å². The monoisotopic (exact) mass is 300 g/mol. The summed E-state index contributed by atoms with van der Waals surface area (Å²) in [5.41, 5.74) is 8.46. The van der Waals surface area contributed by atoms with Gasteiger partial charge in [0.05, 0.1) is 12.2 Å². The summed E-state index contributed by atoms with van der Waals surface area (Å²) in [6.45, 7) is 3.89. The van der Waals surface area contributed by atoms with Gasteiger partial charge in [-0.25, -0.2) is 4.39 Å². The first kappa shape index (κ1) is 14.9. The molecule has 0 aromatic heterocycles. The first-order valence-corrected chi connectivity index (χ1v) is 7.69. The minimum absolute atomic E-state index is 0.118. The van der Waals surface area contributed by atoms with E-state index >= 15 is 0 Å². The molecular weight excluding hydrogens is 279 g/mol. The number of rotatable bonds is 4. The lowest BCUT2D eigenvalue weighted by molar-refractivity contribution is 0.188. The molecule has 22 heavy (non-hydrogen) atoms. The van der Waals surface area contributed by atoms with Crippen LogP contribution in [0.25, 0.3) is 0 Å². The van der Waals surface area contributed by atoms with Crippen molar-refractivity contribution in [3.05, 3.63) is 59.4 Å². The second-order valence-electron chi connectivity index (χ2n) is 5.63. The maximum atomic E-state index is 13.9. The van der Waals surface area contributed by atoms with E-state index in [2.05, 4.69) is 11.8 Å². The van der Waals surface area contributed by atoms with E-state index < -0.39 is 0 Å². The Hall–Kier alpha value is -2.07. The quantitative estimate of drug-likeness (QED) is 0.939. The van der Waals surface area contributed by atoms with Gasteiger partial charge in [-0.05, 0) is 30.2 Å². The van der Waals surface area contributed by atoms with Gasteiger partial charge < -0.3 is 15.4 Å². The highest BCUT2D eigenvalue weighted by Gasteiger charge is 2.25. The van der Waals surface area contributed by atoms with Crippen molar-refractivity contribution in [2.75, 3.05) is 11.4 Å². The van der Waals surface area contributed by atoms with Crippen molar-refractivity contribution >= 4 is 5.69 Å². The van der Waals surface area contributed by atoms with Crippen molar-refractivity contribution in [2.45, 2.75) is 32.5 Å². The standard InChI is InChI=1S/C18H21FN2O/c1-2-15-12-21(11-14-5-3-4-6-16(14)19)17-8-7-13(10-20)9-18(17)22-15/h3-9,15H,2,10-12,20H2,1H3. The van der Waals surface area contributed by atoms with E-state index in [1.807, 2.05) is 30.3 Å². The van der Waals surface area contributed by atoms with Crippen molar-refractivity contribution in [1.82, 2.24) is 0 Å². The van der Waals surface area contributed by atoms with Crippen LogP contribution in [0.4, 0.5) is 10.1 Å². The van der Waals surface area contributed by atoms with E-state index in [1.54, 1.807) is 6.07 Å². The normalized spacial score (nSPS) is 17.0. The van der Waals surface area contributed by atoms with Crippen LogP contribution in [0.15, 0.2) is 42.5 Å². The average molecular weight is 300 g/mol. The second-order valence-corrected chi connectivity index (χ2v) is 5.63. The lowest BCUT2D eigenvalue weighted by Gasteiger charge is -2.36. The molecule has 2 aromatic carbocycles. The van der Waals surface area contributed by atoms with E-state index in [1.165, 1.54) is 6.07 Å². The largest absolute Gasteiger partial charge is 0.486 e. The minimum atomic E-state index is -0.165. The lowest BCUT2D eigenvalue weighted by atomic mass is 10.1. The summed E-state index contributed by atoms with van der Waals surface area (Å²) in [5, 5.41) is 0. The summed E-state index contributed by atoms with van der Waals surface area (Å²) < 4.78 is 20.0. The van der Waals surface area contributed by atoms with Gasteiger partial charge in [-0.3, -0.25) is 0 Å². The maximum absolute atomic E-state index is 13.9. The molecule has 4 heteroatoms. The highest BCUT2D eigenvalue weighted by atomic mass is 19.1. The van der Waals surface area contributed by atoms with Crippen LogP contribution >= 0.6 is 0 Å². The summed E-state index contributed by atoms with van der Waals surface area (Å²) in [6, 6.07) is 12.9. The predicted octanol–water partition coefficient (Wildman–Crippen LogP) is 3.46. The Bertz CT molecular complexity index is 659. The predicted molar refractivity (Wildman–Crippen MR) is 86.5 cm³/mol. The number of hydrogen-bond donors (Lipinski definition) is 1. The average Bonchev–Trinajstić information content (AvgIpc) is 2.56. The fourth-order valence-electron chi connectivity index (χ4n) is 2.80. The Morgan fingerprint density at radius 2 is 2.09 bits per heavy atom. The number of ether oxygens (including phenoxy) is 1. The van der Waals surface area contributed by atoms with Gasteiger partial charge >= 0.3 is 0 Å². The molecule has 1 aliphatic rings. The van der Waals surface area contributed by atoms with E-state index in [-0.39, 0.29) is 11.9 Å². The zero-order chi connectivity index (χ0) is 15.5. The number of halogens is 1. The number of nitrogens with zero attached hydrogens (tertiary/aromatic N) is 1. The van der Waals surface area contributed by atoms with Crippen molar-refractivity contribution in [1.29, 1.82) is 0 Å². The Balaban J connectivity index is 1.93. The van der Waals surface area contributed by atoms with Crippen LogP contribution < -0.4 is 15.4 Å². The third-order valence-corrected chi connectivity index (χ3v) is 4.09. The van der Waals surface area contributed by atoms with Crippen LogP contribution in [0.5, 0.6) is 5.75 Å². The summed E-state index contributed by atoms with van der Waals surface area (Å²) >= 11 is 0. The Morgan fingerprint density at radius 3 is 2.82 bits per heavy atom. The molecule has 2 N–H and O–H groups in total. The first-order chi connectivity index (χ1) is 10.7.